The first-order valence-corrected chi connectivity index (χ1v) is 6.02. The van der Waals surface area contributed by atoms with Crippen LogP contribution in [-0.4, -0.2) is 33.0 Å². The minimum Gasteiger partial charge on any atom is -0.393 e. The average Bonchev–Trinajstić information content (AvgIpc) is 2.39. The third-order valence-electron chi connectivity index (χ3n) is 2.71. The zero-order valence-corrected chi connectivity index (χ0v) is 10.5. The zero-order chi connectivity index (χ0) is 13.8. The molecule has 1 atom stereocenters. The summed E-state index contributed by atoms with van der Waals surface area (Å²) >= 11 is 0. The molecule has 0 bridgehead atoms. The fraction of sp³-hybridized carbons (Fsp3) is 0.308. The molecular formula is C13H15N3O3. The number of nitrogens with zero attached hydrogens (tertiary/aromatic N) is 2. The monoisotopic (exact) mass is 261 g/mol. The Hall–Kier alpha value is -2.21. The molecule has 2 heterocycles. The van der Waals surface area contributed by atoms with Crippen molar-refractivity contribution < 1.29 is 9.90 Å². The molecular weight excluding hydrogens is 246 g/mol. The van der Waals surface area contributed by atoms with Gasteiger partial charge in [-0.2, -0.15) is 0 Å². The molecule has 6 nitrogen and oxygen atoms in total. The fourth-order valence-electron chi connectivity index (χ4n) is 1.67. The molecule has 6 heteroatoms. The average molecular weight is 261 g/mol. The summed E-state index contributed by atoms with van der Waals surface area (Å²) < 4.78 is 1.32. The summed E-state index contributed by atoms with van der Waals surface area (Å²) in [4.78, 5) is 28.0. The number of pyridine rings is 1. The summed E-state index contributed by atoms with van der Waals surface area (Å²) in [5.74, 6) is -0.476. The summed E-state index contributed by atoms with van der Waals surface area (Å²) in [6.07, 6.45) is 2.79. The van der Waals surface area contributed by atoms with Gasteiger partial charge in [0.05, 0.1) is 6.10 Å². The third kappa shape index (κ3) is 2.97. The smallest absolute Gasteiger partial charge is 0.270 e. The van der Waals surface area contributed by atoms with E-state index < -0.39 is 17.6 Å². The lowest BCUT2D eigenvalue weighted by Gasteiger charge is -2.07. The van der Waals surface area contributed by atoms with Gasteiger partial charge >= 0.3 is 0 Å². The molecule has 0 radical (unpaired) electrons. The molecule has 2 N–H and O–H groups in total. The van der Waals surface area contributed by atoms with Gasteiger partial charge in [-0.25, -0.2) is 4.98 Å². The van der Waals surface area contributed by atoms with E-state index in [1.807, 2.05) is 0 Å². The van der Waals surface area contributed by atoms with Crippen LogP contribution in [0.3, 0.4) is 0 Å². The molecule has 0 fully saturated rings. The van der Waals surface area contributed by atoms with Crippen molar-refractivity contribution in [1.29, 1.82) is 0 Å². The van der Waals surface area contributed by atoms with Gasteiger partial charge in [-0.15, -0.1) is 0 Å². The molecule has 0 spiro atoms. The van der Waals surface area contributed by atoms with E-state index in [9.17, 15) is 9.59 Å². The normalized spacial score (nSPS) is 12.3. The van der Waals surface area contributed by atoms with Crippen molar-refractivity contribution in [3.8, 4) is 0 Å². The lowest BCUT2D eigenvalue weighted by Crippen LogP contribution is -2.33. The summed E-state index contributed by atoms with van der Waals surface area (Å²) in [7, 11) is 0. The number of amides is 1. The Morgan fingerprint density at radius 3 is 3.05 bits per heavy atom. The van der Waals surface area contributed by atoms with Gasteiger partial charge in [0.2, 0.25) is 0 Å². The molecule has 0 aromatic carbocycles. The Labute approximate surface area is 109 Å². The molecule has 1 amide bonds. The van der Waals surface area contributed by atoms with Gasteiger partial charge in [-0.3, -0.25) is 14.0 Å². The van der Waals surface area contributed by atoms with Crippen LogP contribution in [0.25, 0.3) is 5.65 Å². The SMILES string of the molecule is CC(O)CCNC(=O)c1cnc2ccccn2c1=O. The van der Waals surface area contributed by atoms with E-state index in [0.29, 0.717) is 18.6 Å². The van der Waals surface area contributed by atoms with E-state index in [0.717, 1.165) is 0 Å². The number of aromatic nitrogens is 2. The van der Waals surface area contributed by atoms with Crippen LogP contribution in [-0.2, 0) is 0 Å². The molecule has 0 aliphatic carbocycles. The molecule has 1 unspecified atom stereocenters. The highest BCUT2D eigenvalue weighted by Gasteiger charge is 2.12. The van der Waals surface area contributed by atoms with E-state index >= 15 is 0 Å². The first-order valence-electron chi connectivity index (χ1n) is 6.02. The maximum atomic E-state index is 12.1. The summed E-state index contributed by atoms with van der Waals surface area (Å²) in [5.41, 5.74) is 0.0856. The third-order valence-corrected chi connectivity index (χ3v) is 2.71. The number of aliphatic hydroxyl groups excluding tert-OH is 1. The number of nitrogens with one attached hydrogen (secondary N) is 1. The van der Waals surface area contributed by atoms with Crippen molar-refractivity contribution in [3.63, 3.8) is 0 Å². The number of carbonyl (C=O) groups is 1. The first-order chi connectivity index (χ1) is 9.09. The fourth-order valence-corrected chi connectivity index (χ4v) is 1.67. The van der Waals surface area contributed by atoms with Crippen molar-refractivity contribution in [3.05, 3.63) is 46.5 Å². The summed E-state index contributed by atoms with van der Waals surface area (Å²) in [6, 6.07) is 5.16. The van der Waals surface area contributed by atoms with Gasteiger partial charge in [-0.1, -0.05) is 6.07 Å². The molecule has 100 valence electrons. The van der Waals surface area contributed by atoms with Crippen molar-refractivity contribution in [2.45, 2.75) is 19.4 Å². The predicted molar refractivity (Wildman–Crippen MR) is 70.1 cm³/mol. The first kappa shape index (κ1) is 13.2. The Balaban J connectivity index is 2.23. The van der Waals surface area contributed by atoms with Crippen molar-refractivity contribution >= 4 is 11.6 Å². The Bertz CT molecular complexity index is 649. The lowest BCUT2D eigenvalue weighted by atomic mass is 10.2. The minimum atomic E-state index is -0.490. The zero-order valence-electron chi connectivity index (χ0n) is 10.5. The van der Waals surface area contributed by atoms with Crippen molar-refractivity contribution in [2.75, 3.05) is 6.54 Å². The van der Waals surface area contributed by atoms with Crippen LogP contribution in [0.2, 0.25) is 0 Å². The summed E-state index contributed by atoms with van der Waals surface area (Å²) in [6.45, 7) is 1.95. The largest absolute Gasteiger partial charge is 0.393 e. The second-order valence-electron chi connectivity index (χ2n) is 4.30. The van der Waals surface area contributed by atoms with Crippen LogP contribution in [0.1, 0.15) is 23.7 Å². The van der Waals surface area contributed by atoms with Crippen LogP contribution >= 0.6 is 0 Å². The Morgan fingerprint density at radius 1 is 1.53 bits per heavy atom. The maximum absolute atomic E-state index is 12.1. The molecule has 0 aliphatic heterocycles. The molecule has 2 rings (SSSR count). The molecule has 2 aromatic rings. The number of carbonyl (C=O) groups excluding carboxylic acids is 1. The van der Waals surface area contributed by atoms with Gasteiger partial charge in [0.25, 0.3) is 11.5 Å². The predicted octanol–water partition coefficient (Wildman–Crippen LogP) is 0.195. The minimum absolute atomic E-state index is 0.00528. The van der Waals surface area contributed by atoms with E-state index in [1.54, 1.807) is 31.3 Å². The highest BCUT2D eigenvalue weighted by molar-refractivity contribution is 5.93. The van der Waals surface area contributed by atoms with Gasteiger partial charge in [-0.05, 0) is 25.5 Å². The topological polar surface area (TPSA) is 83.7 Å². The van der Waals surface area contributed by atoms with Gasteiger partial charge < -0.3 is 10.4 Å². The molecule has 19 heavy (non-hydrogen) atoms. The molecule has 0 saturated heterocycles. The standard InChI is InChI=1S/C13H15N3O3/c1-9(17)5-6-14-12(18)10-8-15-11-4-2-3-7-16(11)13(10)19/h2-4,7-9,17H,5-6H2,1H3,(H,14,18). The Morgan fingerprint density at radius 2 is 2.32 bits per heavy atom. The highest BCUT2D eigenvalue weighted by atomic mass is 16.3. The van der Waals surface area contributed by atoms with Gasteiger partial charge in [0.1, 0.15) is 11.2 Å². The second kappa shape index (κ2) is 5.62. The second-order valence-corrected chi connectivity index (χ2v) is 4.30. The molecule has 2 aromatic heterocycles. The van der Waals surface area contributed by atoms with Crippen LogP contribution in [0.4, 0.5) is 0 Å². The van der Waals surface area contributed by atoms with Crippen LogP contribution < -0.4 is 10.9 Å². The Kier molecular flexibility index (Phi) is 3.91. The van der Waals surface area contributed by atoms with Gasteiger partial charge in [0, 0.05) is 18.9 Å². The quantitative estimate of drug-likeness (QED) is 0.823. The van der Waals surface area contributed by atoms with E-state index in [-0.39, 0.29) is 5.56 Å². The van der Waals surface area contributed by atoms with Crippen LogP contribution in [0, 0.1) is 0 Å². The van der Waals surface area contributed by atoms with Crippen LogP contribution in [0.15, 0.2) is 35.4 Å². The number of hydrogen-bond acceptors (Lipinski definition) is 4. The number of aliphatic hydroxyl groups is 1. The van der Waals surface area contributed by atoms with Crippen molar-refractivity contribution in [2.24, 2.45) is 0 Å². The molecule has 0 aliphatic rings. The van der Waals surface area contributed by atoms with Crippen LogP contribution in [0.5, 0.6) is 0 Å². The van der Waals surface area contributed by atoms with E-state index in [4.69, 9.17) is 5.11 Å². The molecule has 0 saturated carbocycles. The lowest BCUT2D eigenvalue weighted by molar-refractivity contribution is 0.0943. The highest BCUT2D eigenvalue weighted by Crippen LogP contribution is 1.97. The van der Waals surface area contributed by atoms with Crippen molar-refractivity contribution in [1.82, 2.24) is 14.7 Å². The maximum Gasteiger partial charge on any atom is 0.270 e. The summed E-state index contributed by atoms with van der Waals surface area (Å²) in [5, 5.41) is 11.7. The number of rotatable bonds is 4. The van der Waals surface area contributed by atoms with E-state index in [2.05, 4.69) is 10.3 Å². The van der Waals surface area contributed by atoms with E-state index in [1.165, 1.54) is 10.6 Å². The van der Waals surface area contributed by atoms with Gasteiger partial charge in [0.15, 0.2) is 0 Å². The number of hydrogen-bond donors (Lipinski definition) is 2. The number of fused-ring (bicyclic) bond motifs is 1.